The standard InChI is InChI=1S/C10H18N4O2S/c15-17(16,7-1-4-11-9-2-3-9)14-8-10-12-5-6-13-10/h5-6,9,11,14H,1-4,7-8H2,(H,12,13). The number of aromatic amines is 1. The fourth-order valence-corrected chi connectivity index (χ4v) is 2.53. The zero-order valence-corrected chi connectivity index (χ0v) is 10.5. The van der Waals surface area contributed by atoms with Crippen molar-refractivity contribution < 1.29 is 8.42 Å². The molecule has 2 rings (SSSR count). The fourth-order valence-electron chi connectivity index (χ4n) is 1.50. The van der Waals surface area contributed by atoms with Gasteiger partial charge in [0.1, 0.15) is 5.82 Å². The number of rotatable bonds is 8. The first-order valence-corrected chi connectivity index (χ1v) is 7.50. The summed E-state index contributed by atoms with van der Waals surface area (Å²) in [6.45, 7) is 0.998. The Morgan fingerprint density at radius 2 is 2.29 bits per heavy atom. The first-order valence-electron chi connectivity index (χ1n) is 5.85. The third kappa shape index (κ3) is 4.84. The molecule has 3 N–H and O–H groups in total. The van der Waals surface area contributed by atoms with Gasteiger partial charge in [0, 0.05) is 18.4 Å². The molecule has 0 bridgehead atoms. The van der Waals surface area contributed by atoms with Crippen LogP contribution in [0.4, 0.5) is 0 Å². The third-order valence-corrected chi connectivity index (χ3v) is 4.02. The van der Waals surface area contributed by atoms with Gasteiger partial charge in [0.2, 0.25) is 10.0 Å². The summed E-state index contributed by atoms with van der Waals surface area (Å²) in [5.74, 6) is 0.789. The van der Waals surface area contributed by atoms with Crippen molar-refractivity contribution >= 4 is 10.0 Å². The Labute approximate surface area is 101 Å². The van der Waals surface area contributed by atoms with E-state index in [-0.39, 0.29) is 12.3 Å². The molecule has 0 spiro atoms. The van der Waals surface area contributed by atoms with E-state index in [4.69, 9.17) is 0 Å². The summed E-state index contributed by atoms with van der Waals surface area (Å²) in [6, 6.07) is 0.633. The van der Waals surface area contributed by atoms with E-state index in [1.54, 1.807) is 12.4 Å². The molecule has 1 saturated carbocycles. The summed E-state index contributed by atoms with van der Waals surface area (Å²) >= 11 is 0. The van der Waals surface area contributed by atoms with Crippen LogP contribution in [0.5, 0.6) is 0 Å². The Hall–Kier alpha value is -0.920. The summed E-state index contributed by atoms with van der Waals surface area (Å²) < 4.78 is 25.7. The molecular formula is C10H18N4O2S. The number of hydrogen-bond acceptors (Lipinski definition) is 4. The smallest absolute Gasteiger partial charge is 0.212 e. The molecule has 1 aliphatic carbocycles. The van der Waals surface area contributed by atoms with Gasteiger partial charge in [-0.05, 0) is 25.8 Å². The van der Waals surface area contributed by atoms with E-state index >= 15 is 0 Å². The van der Waals surface area contributed by atoms with Crippen LogP contribution in [0, 0.1) is 0 Å². The topological polar surface area (TPSA) is 86.9 Å². The van der Waals surface area contributed by atoms with Crippen molar-refractivity contribution in [1.82, 2.24) is 20.0 Å². The van der Waals surface area contributed by atoms with Crippen molar-refractivity contribution in [3.63, 3.8) is 0 Å². The monoisotopic (exact) mass is 258 g/mol. The maximum atomic E-state index is 11.6. The molecule has 1 aliphatic rings. The van der Waals surface area contributed by atoms with Crippen LogP contribution in [0.15, 0.2) is 12.4 Å². The van der Waals surface area contributed by atoms with Gasteiger partial charge in [-0.25, -0.2) is 18.1 Å². The Balaban J connectivity index is 1.63. The molecule has 1 fully saturated rings. The van der Waals surface area contributed by atoms with E-state index in [0.29, 0.717) is 18.3 Å². The SMILES string of the molecule is O=S(=O)(CCCNC1CC1)NCc1ncc[nH]1. The van der Waals surface area contributed by atoms with E-state index in [9.17, 15) is 8.42 Å². The van der Waals surface area contributed by atoms with Crippen LogP contribution in [-0.4, -0.2) is 36.7 Å². The molecule has 0 aromatic carbocycles. The zero-order valence-electron chi connectivity index (χ0n) is 9.65. The summed E-state index contributed by atoms with van der Waals surface area (Å²) in [6.07, 6.45) is 6.36. The molecule has 17 heavy (non-hydrogen) atoms. The fraction of sp³-hybridized carbons (Fsp3) is 0.700. The minimum absolute atomic E-state index is 0.160. The van der Waals surface area contributed by atoms with E-state index in [0.717, 1.165) is 6.54 Å². The van der Waals surface area contributed by atoms with Crippen LogP contribution in [0.2, 0.25) is 0 Å². The van der Waals surface area contributed by atoms with Crippen LogP contribution in [0.25, 0.3) is 0 Å². The van der Waals surface area contributed by atoms with Crippen LogP contribution in [-0.2, 0) is 16.6 Å². The minimum Gasteiger partial charge on any atom is -0.347 e. The lowest BCUT2D eigenvalue weighted by Crippen LogP contribution is -2.28. The van der Waals surface area contributed by atoms with Crippen molar-refractivity contribution in [1.29, 1.82) is 0 Å². The lowest BCUT2D eigenvalue weighted by Gasteiger charge is -2.05. The van der Waals surface area contributed by atoms with Crippen molar-refractivity contribution in [3.05, 3.63) is 18.2 Å². The number of hydrogen-bond donors (Lipinski definition) is 3. The molecule has 0 amide bonds. The van der Waals surface area contributed by atoms with Gasteiger partial charge in [0.15, 0.2) is 0 Å². The molecule has 1 heterocycles. The van der Waals surface area contributed by atoms with Crippen LogP contribution in [0.1, 0.15) is 25.1 Å². The quantitative estimate of drug-likeness (QED) is 0.572. The van der Waals surface area contributed by atoms with Crippen molar-refractivity contribution in [2.75, 3.05) is 12.3 Å². The number of aromatic nitrogens is 2. The summed E-state index contributed by atoms with van der Waals surface area (Å²) in [5.41, 5.74) is 0. The molecule has 1 aromatic rings. The van der Waals surface area contributed by atoms with E-state index in [1.165, 1.54) is 12.8 Å². The molecule has 0 aliphatic heterocycles. The number of H-pyrrole nitrogens is 1. The molecule has 1 aromatic heterocycles. The first-order chi connectivity index (χ1) is 8.16. The van der Waals surface area contributed by atoms with E-state index in [2.05, 4.69) is 20.0 Å². The highest BCUT2D eigenvalue weighted by Crippen LogP contribution is 2.18. The Morgan fingerprint density at radius 3 is 2.94 bits per heavy atom. The van der Waals surface area contributed by atoms with Gasteiger partial charge in [0.05, 0.1) is 12.3 Å². The molecule has 0 unspecified atom stereocenters. The number of nitrogens with zero attached hydrogens (tertiary/aromatic N) is 1. The van der Waals surface area contributed by atoms with Gasteiger partial charge in [-0.3, -0.25) is 0 Å². The lowest BCUT2D eigenvalue weighted by molar-refractivity contribution is 0.572. The maximum Gasteiger partial charge on any atom is 0.212 e. The maximum absolute atomic E-state index is 11.6. The van der Waals surface area contributed by atoms with Crippen LogP contribution < -0.4 is 10.0 Å². The molecule has 0 atom stereocenters. The van der Waals surface area contributed by atoms with E-state index < -0.39 is 10.0 Å². The van der Waals surface area contributed by atoms with Crippen LogP contribution in [0.3, 0.4) is 0 Å². The largest absolute Gasteiger partial charge is 0.347 e. The van der Waals surface area contributed by atoms with Gasteiger partial charge in [-0.2, -0.15) is 0 Å². The lowest BCUT2D eigenvalue weighted by atomic mass is 10.5. The zero-order chi connectivity index (χ0) is 12.1. The molecule has 7 heteroatoms. The Morgan fingerprint density at radius 1 is 1.47 bits per heavy atom. The molecular weight excluding hydrogens is 240 g/mol. The van der Waals surface area contributed by atoms with Gasteiger partial charge >= 0.3 is 0 Å². The molecule has 6 nitrogen and oxygen atoms in total. The predicted molar refractivity (Wildman–Crippen MR) is 64.9 cm³/mol. The number of imidazole rings is 1. The Bertz CT molecular complexity index is 425. The second kappa shape index (κ2) is 5.61. The van der Waals surface area contributed by atoms with Gasteiger partial charge in [-0.15, -0.1) is 0 Å². The summed E-state index contributed by atoms with van der Waals surface area (Å²) in [5, 5.41) is 3.29. The van der Waals surface area contributed by atoms with Crippen molar-refractivity contribution in [2.45, 2.75) is 31.8 Å². The second-order valence-corrected chi connectivity index (χ2v) is 6.18. The van der Waals surface area contributed by atoms with Gasteiger partial charge in [0.25, 0.3) is 0 Å². The van der Waals surface area contributed by atoms with Crippen molar-refractivity contribution in [3.8, 4) is 0 Å². The summed E-state index contributed by atoms with van der Waals surface area (Å²) in [4.78, 5) is 6.80. The molecule has 0 radical (unpaired) electrons. The first kappa shape index (κ1) is 12.5. The van der Waals surface area contributed by atoms with E-state index in [1.807, 2.05) is 0 Å². The normalized spacial score (nSPS) is 16.2. The second-order valence-electron chi connectivity index (χ2n) is 4.26. The predicted octanol–water partition coefficient (Wildman–Crippen LogP) is -0.0288. The van der Waals surface area contributed by atoms with Gasteiger partial charge in [-0.1, -0.05) is 0 Å². The third-order valence-electron chi connectivity index (χ3n) is 2.61. The highest BCUT2D eigenvalue weighted by atomic mass is 32.2. The van der Waals surface area contributed by atoms with Crippen molar-refractivity contribution in [2.24, 2.45) is 0 Å². The Kier molecular flexibility index (Phi) is 4.14. The minimum atomic E-state index is -3.19. The van der Waals surface area contributed by atoms with Crippen LogP contribution >= 0.6 is 0 Å². The average molecular weight is 258 g/mol. The summed E-state index contributed by atoms with van der Waals surface area (Å²) in [7, 11) is -3.19. The van der Waals surface area contributed by atoms with Gasteiger partial charge < -0.3 is 10.3 Å². The number of nitrogens with one attached hydrogen (secondary N) is 3. The highest BCUT2D eigenvalue weighted by molar-refractivity contribution is 7.89. The highest BCUT2D eigenvalue weighted by Gasteiger charge is 2.20. The molecule has 96 valence electrons. The average Bonchev–Trinajstić information content (AvgIpc) is 2.96. The molecule has 0 saturated heterocycles. The number of sulfonamides is 1.